The molecule has 0 atom stereocenters. The molecule has 0 bridgehead atoms. The lowest BCUT2D eigenvalue weighted by Gasteiger charge is -2.08. The van der Waals surface area contributed by atoms with E-state index in [0.29, 0.717) is 18.1 Å². The van der Waals surface area contributed by atoms with Gasteiger partial charge in [-0.05, 0) is 51.4 Å². The number of nitrogens with zero attached hydrogens (tertiary/aromatic N) is 6. The van der Waals surface area contributed by atoms with E-state index < -0.39 is 0 Å². The molecule has 2 heterocycles. The van der Waals surface area contributed by atoms with Gasteiger partial charge in [0.1, 0.15) is 6.33 Å². The summed E-state index contributed by atoms with van der Waals surface area (Å²) >= 11 is 0. The average Bonchev–Trinajstić information content (AvgIpc) is 3.22. The Kier molecular flexibility index (Phi) is 4.90. The summed E-state index contributed by atoms with van der Waals surface area (Å²) in [6, 6.07) is 9.14. The minimum atomic E-state index is -0.242. The number of aromatic nitrogens is 5. The Bertz CT molecular complexity index is 848. The maximum Gasteiger partial charge on any atom is 0.258 e. The average molecular weight is 339 g/mol. The highest BCUT2D eigenvalue weighted by atomic mass is 16.1. The summed E-state index contributed by atoms with van der Waals surface area (Å²) in [5.74, 6) is 0.0593. The molecule has 1 N–H and O–H groups in total. The van der Waals surface area contributed by atoms with Crippen LogP contribution in [0.3, 0.4) is 0 Å². The highest BCUT2D eigenvalue weighted by Gasteiger charge is 2.10. The topological polar surface area (TPSA) is 80.9 Å². The van der Waals surface area contributed by atoms with E-state index in [1.54, 1.807) is 27.8 Å². The second-order valence-electron chi connectivity index (χ2n) is 6.04. The van der Waals surface area contributed by atoms with Crippen LogP contribution in [-0.4, -0.2) is 56.0 Å². The first-order chi connectivity index (χ1) is 12.0. The molecule has 8 heteroatoms. The SMILES string of the molecule is Cc1ccn(-c2ccc(C(=O)Nc3ncn(CCN(C)C)n3)cc2)n1. The molecule has 25 heavy (non-hydrogen) atoms. The molecule has 0 saturated carbocycles. The fraction of sp³-hybridized carbons (Fsp3) is 0.294. The summed E-state index contributed by atoms with van der Waals surface area (Å²) in [6.45, 7) is 3.50. The Balaban J connectivity index is 1.63. The number of likely N-dealkylation sites (N-methyl/N-ethyl adjacent to an activating group) is 1. The van der Waals surface area contributed by atoms with Crippen LogP contribution in [0.25, 0.3) is 5.69 Å². The molecule has 0 aliphatic heterocycles. The summed E-state index contributed by atoms with van der Waals surface area (Å²) in [6.07, 6.45) is 3.50. The maximum absolute atomic E-state index is 12.3. The Morgan fingerprint density at radius 2 is 1.92 bits per heavy atom. The van der Waals surface area contributed by atoms with E-state index in [2.05, 4.69) is 25.4 Å². The highest BCUT2D eigenvalue weighted by molar-refractivity contribution is 6.03. The third-order valence-electron chi connectivity index (χ3n) is 3.65. The van der Waals surface area contributed by atoms with Gasteiger partial charge in [0.05, 0.1) is 17.9 Å². The van der Waals surface area contributed by atoms with Gasteiger partial charge in [-0.25, -0.2) is 14.3 Å². The van der Waals surface area contributed by atoms with E-state index in [1.807, 2.05) is 45.4 Å². The Morgan fingerprint density at radius 1 is 1.16 bits per heavy atom. The van der Waals surface area contributed by atoms with Crippen LogP contribution in [0.1, 0.15) is 16.1 Å². The number of carbonyl (C=O) groups is 1. The lowest BCUT2D eigenvalue weighted by Crippen LogP contribution is -2.19. The van der Waals surface area contributed by atoms with Crippen molar-refractivity contribution in [2.24, 2.45) is 0 Å². The highest BCUT2D eigenvalue weighted by Crippen LogP contribution is 2.11. The van der Waals surface area contributed by atoms with E-state index in [0.717, 1.165) is 17.9 Å². The molecule has 1 amide bonds. The Hall–Kier alpha value is -3.00. The minimum absolute atomic E-state index is 0.242. The normalized spacial score (nSPS) is 11.0. The van der Waals surface area contributed by atoms with Gasteiger partial charge in [0.15, 0.2) is 0 Å². The molecule has 0 unspecified atom stereocenters. The molecule has 0 fully saturated rings. The number of carbonyl (C=O) groups excluding carboxylic acids is 1. The quantitative estimate of drug-likeness (QED) is 0.737. The van der Waals surface area contributed by atoms with Crippen LogP contribution in [0.5, 0.6) is 0 Å². The van der Waals surface area contributed by atoms with Crippen molar-refractivity contribution in [2.45, 2.75) is 13.5 Å². The molecule has 0 aliphatic rings. The number of amides is 1. The molecule has 2 aromatic heterocycles. The third kappa shape index (κ3) is 4.30. The van der Waals surface area contributed by atoms with Gasteiger partial charge in [-0.15, -0.1) is 5.10 Å². The second kappa shape index (κ2) is 7.27. The predicted octanol–water partition coefficient (Wildman–Crippen LogP) is 1.59. The fourth-order valence-electron chi connectivity index (χ4n) is 2.26. The first-order valence-electron chi connectivity index (χ1n) is 7.99. The van der Waals surface area contributed by atoms with Crippen LogP contribution in [0.4, 0.5) is 5.95 Å². The van der Waals surface area contributed by atoms with Crippen molar-refractivity contribution < 1.29 is 4.79 Å². The van der Waals surface area contributed by atoms with Gasteiger partial charge in [0.2, 0.25) is 5.95 Å². The van der Waals surface area contributed by atoms with E-state index in [9.17, 15) is 4.79 Å². The number of benzene rings is 1. The molecule has 0 saturated heterocycles. The van der Waals surface area contributed by atoms with Crippen molar-refractivity contribution in [3.8, 4) is 5.69 Å². The second-order valence-corrected chi connectivity index (χ2v) is 6.04. The number of aryl methyl sites for hydroxylation is 1. The zero-order valence-corrected chi connectivity index (χ0v) is 14.5. The Labute approximate surface area is 146 Å². The monoisotopic (exact) mass is 339 g/mol. The molecule has 3 rings (SSSR count). The first-order valence-corrected chi connectivity index (χ1v) is 7.99. The number of hydrogen-bond donors (Lipinski definition) is 1. The van der Waals surface area contributed by atoms with Gasteiger partial charge in [0, 0.05) is 18.3 Å². The minimum Gasteiger partial charge on any atom is -0.308 e. The van der Waals surface area contributed by atoms with Crippen LogP contribution in [-0.2, 0) is 6.54 Å². The summed E-state index contributed by atoms with van der Waals surface area (Å²) in [4.78, 5) is 18.5. The van der Waals surface area contributed by atoms with Crippen LogP contribution >= 0.6 is 0 Å². The lowest BCUT2D eigenvalue weighted by molar-refractivity contribution is 0.102. The van der Waals surface area contributed by atoms with Gasteiger partial charge < -0.3 is 4.90 Å². The van der Waals surface area contributed by atoms with E-state index >= 15 is 0 Å². The zero-order chi connectivity index (χ0) is 17.8. The lowest BCUT2D eigenvalue weighted by atomic mass is 10.2. The van der Waals surface area contributed by atoms with E-state index in [-0.39, 0.29) is 5.91 Å². The van der Waals surface area contributed by atoms with Crippen LogP contribution < -0.4 is 5.32 Å². The fourth-order valence-corrected chi connectivity index (χ4v) is 2.26. The number of anilines is 1. The first kappa shape index (κ1) is 16.8. The van der Waals surface area contributed by atoms with Crippen molar-refractivity contribution in [2.75, 3.05) is 26.0 Å². The van der Waals surface area contributed by atoms with Crippen molar-refractivity contribution in [1.82, 2.24) is 29.4 Å². The van der Waals surface area contributed by atoms with Gasteiger partial charge >= 0.3 is 0 Å². The van der Waals surface area contributed by atoms with E-state index in [4.69, 9.17) is 0 Å². The van der Waals surface area contributed by atoms with Crippen LogP contribution in [0, 0.1) is 6.92 Å². The van der Waals surface area contributed by atoms with Gasteiger partial charge in [0.25, 0.3) is 5.91 Å². The standard InChI is InChI=1S/C17H21N7O/c1-13-8-9-24(20-13)15-6-4-14(5-7-15)16(25)19-17-18-12-23(21-17)11-10-22(2)3/h4-9,12H,10-11H2,1-3H3,(H,19,21,25). The number of hydrogen-bond acceptors (Lipinski definition) is 5. The smallest absolute Gasteiger partial charge is 0.258 e. The molecule has 1 aromatic carbocycles. The van der Waals surface area contributed by atoms with Crippen molar-refractivity contribution >= 4 is 11.9 Å². The number of rotatable bonds is 6. The van der Waals surface area contributed by atoms with Crippen molar-refractivity contribution in [1.29, 1.82) is 0 Å². The predicted molar refractivity (Wildman–Crippen MR) is 94.8 cm³/mol. The summed E-state index contributed by atoms with van der Waals surface area (Å²) in [7, 11) is 3.99. The molecule has 0 spiro atoms. The van der Waals surface area contributed by atoms with Crippen molar-refractivity contribution in [3.05, 3.63) is 54.1 Å². The number of nitrogens with one attached hydrogen (secondary N) is 1. The molecule has 130 valence electrons. The van der Waals surface area contributed by atoms with E-state index in [1.165, 1.54) is 0 Å². The third-order valence-corrected chi connectivity index (χ3v) is 3.65. The van der Waals surface area contributed by atoms with Crippen LogP contribution in [0.15, 0.2) is 42.9 Å². The molecule has 3 aromatic rings. The molecule has 8 nitrogen and oxygen atoms in total. The molecule has 0 aliphatic carbocycles. The summed E-state index contributed by atoms with van der Waals surface area (Å²) < 4.78 is 3.48. The van der Waals surface area contributed by atoms with Gasteiger partial charge in [-0.3, -0.25) is 10.1 Å². The summed E-state index contributed by atoms with van der Waals surface area (Å²) in [5.41, 5.74) is 2.38. The van der Waals surface area contributed by atoms with Crippen molar-refractivity contribution in [3.63, 3.8) is 0 Å². The molecule has 0 radical (unpaired) electrons. The van der Waals surface area contributed by atoms with Gasteiger partial charge in [-0.2, -0.15) is 5.10 Å². The van der Waals surface area contributed by atoms with Crippen LogP contribution in [0.2, 0.25) is 0 Å². The van der Waals surface area contributed by atoms with Gasteiger partial charge in [-0.1, -0.05) is 0 Å². The summed E-state index contributed by atoms with van der Waals surface area (Å²) in [5, 5.41) is 11.3. The zero-order valence-electron chi connectivity index (χ0n) is 14.5. The molecular formula is C17H21N7O. The Morgan fingerprint density at radius 3 is 2.56 bits per heavy atom. The largest absolute Gasteiger partial charge is 0.308 e. The molecular weight excluding hydrogens is 318 g/mol. The maximum atomic E-state index is 12.3.